The molecule has 0 spiro atoms. The molecule has 1 atom stereocenters. The first-order valence-electron chi connectivity index (χ1n) is 5.57. The van der Waals surface area contributed by atoms with Crippen molar-refractivity contribution in [3.63, 3.8) is 0 Å². The van der Waals surface area contributed by atoms with Gasteiger partial charge in [0.2, 0.25) is 10.0 Å². The summed E-state index contributed by atoms with van der Waals surface area (Å²) in [5, 5.41) is 9.61. The Morgan fingerprint density at radius 1 is 1.35 bits per heavy atom. The van der Waals surface area contributed by atoms with Crippen LogP contribution in [0.3, 0.4) is 0 Å². The summed E-state index contributed by atoms with van der Waals surface area (Å²) in [4.78, 5) is 11.3. The fourth-order valence-electron chi connectivity index (χ4n) is 1.82. The predicted octanol–water partition coefficient (Wildman–Crippen LogP) is 2.23. The zero-order chi connectivity index (χ0) is 15.0. The lowest BCUT2D eigenvalue weighted by Crippen LogP contribution is -2.54. The molecule has 1 heterocycles. The molecule has 0 radical (unpaired) electrons. The molecule has 20 heavy (non-hydrogen) atoms. The van der Waals surface area contributed by atoms with Gasteiger partial charge < -0.3 is 5.11 Å². The largest absolute Gasteiger partial charge is 0.480 e. The maximum atomic E-state index is 12.3. The van der Waals surface area contributed by atoms with Gasteiger partial charge >= 0.3 is 5.97 Å². The fraction of sp³-hybridized carbons (Fsp3) is 0.364. The first-order chi connectivity index (χ1) is 9.27. The highest BCUT2D eigenvalue weighted by molar-refractivity contribution is 7.99. The Bertz CT molecular complexity index is 642. The molecular weight excluding hydrogens is 345 g/mol. The highest BCUT2D eigenvalue weighted by Gasteiger charge is 2.45. The molecule has 0 bridgehead atoms. The second-order valence-corrected chi connectivity index (χ2v) is 7.97. The Morgan fingerprint density at radius 3 is 2.55 bits per heavy atom. The molecule has 1 fully saturated rings. The van der Waals surface area contributed by atoms with Gasteiger partial charge in [0.1, 0.15) is 5.54 Å². The SMILES string of the molecule is O=C(O)C1(NS(=O)(=O)c2ccc(Cl)c(Cl)c2)CCSC1. The van der Waals surface area contributed by atoms with Gasteiger partial charge in [-0.15, -0.1) is 0 Å². The van der Waals surface area contributed by atoms with Crippen molar-refractivity contribution in [2.45, 2.75) is 16.9 Å². The normalized spacial score (nSPS) is 22.9. The van der Waals surface area contributed by atoms with Crippen LogP contribution in [-0.4, -0.2) is 36.5 Å². The number of sulfonamides is 1. The molecule has 2 N–H and O–H groups in total. The minimum Gasteiger partial charge on any atom is -0.480 e. The molecule has 1 aromatic carbocycles. The van der Waals surface area contributed by atoms with Crippen molar-refractivity contribution < 1.29 is 18.3 Å². The van der Waals surface area contributed by atoms with Gasteiger partial charge in [-0.1, -0.05) is 23.2 Å². The molecule has 2 rings (SSSR count). The van der Waals surface area contributed by atoms with Crippen LogP contribution < -0.4 is 4.72 Å². The van der Waals surface area contributed by atoms with E-state index in [1.165, 1.54) is 30.0 Å². The number of thioether (sulfide) groups is 1. The summed E-state index contributed by atoms with van der Waals surface area (Å²) >= 11 is 12.9. The molecule has 1 unspecified atom stereocenters. The van der Waals surface area contributed by atoms with Crippen LogP contribution in [0, 0.1) is 0 Å². The summed E-state index contributed by atoms with van der Waals surface area (Å²) in [5.74, 6) is -0.384. The van der Waals surface area contributed by atoms with Gasteiger partial charge in [-0.3, -0.25) is 4.79 Å². The standard InChI is InChI=1S/C11H11Cl2NO4S2/c12-8-2-1-7(5-9(8)13)20(17,18)14-11(10(15)16)3-4-19-6-11/h1-2,5,14H,3-4,6H2,(H,15,16). The monoisotopic (exact) mass is 355 g/mol. The van der Waals surface area contributed by atoms with E-state index < -0.39 is 21.5 Å². The Morgan fingerprint density at radius 2 is 2.05 bits per heavy atom. The van der Waals surface area contributed by atoms with Crippen LogP contribution >= 0.6 is 35.0 Å². The second-order valence-electron chi connectivity index (χ2n) is 4.37. The molecule has 1 aromatic rings. The lowest BCUT2D eigenvalue weighted by atomic mass is 10.0. The number of aliphatic carboxylic acids is 1. The number of carbonyl (C=O) groups is 1. The quantitative estimate of drug-likeness (QED) is 0.865. The zero-order valence-electron chi connectivity index (χ0n) is 10.1. The zero-order valence-corrected chi connectivity index (χ0v) is 13.2. The molecule has 0 aromatic heterocycles. The number of rotatable bonds is 4. The van der Waals surface area contributed by atoms with Gasteiger partial charge in [-0.25, -0.2) is 8.42 Å². The molecule has 1 aliphatic rings. The first kappa shape index (κ1) is 15.9. The lowest BCUT2D eigenvalue weighted by Gasteiger charge is -2.24. The van der Waals surface area contributed by atoms with Gasteiger partial charge in [0, 0.05) is 5.75 Å². The Labute approximate surface area is 130 Å². The van der Waals surface area contributed by atoms with E-state index in [-0.39, 0.29) is 27.1 Å². The number of halogens is 2. The van der Waals surface area contributed by atoms with E-state index in [0.29, 0.717) is 5.75 Å². The molecule has 1 saturated heterocycles. The van der Waals surface area contributed by atoms with Gasteiger partial charge in [0.15, 0.2) is 0 Å². The molecule has 1 aliphatic heterocycles. The first-order valence-corrected chi connectivity index (χ1v) is 8.96. The maximum absolute atomic E-state index is 12.3. The van der Waals surface area contributed by atoms with Gasteiger partial charge in [-0.05, 0) is 30.4 Å². The van der Waals surface area contributed by atoms with E-state index in [0.717, 1.165) is 0 Å². The van der Waals surface area contributed by atoms with Crippen LogP contribution in [0.25, 0.3) is 0 Å². The van der Waals surface area contributed by atoms with Crippen LogP contribution in [0.15, 0.2) is 23.1 Å². The highest BCUT2D eigenvalue weighted by atomic mass is 35.5. The number of carboxylic acid groups (broad SMARTS) is 1. The Hall–Kier alpha value is -0.470. The fourth-order valence-corrected chi connectivity index (χ4v) is 5.01. The molecular formula is C11H11Cl2NO4S2. The van der Waals surface area contributed by atoms with Gasteiger partial charge in [0.25, 0.3) is 0 Å². The maximum Gasteiger partial charge on any atom is 0.325 e. The van der Waals surface area contributed by atoms with Crippen molar-refractivity contribution >= 4 is 51.0 Å². The minimum absolute atomic E-state index is 0.0970. The van der Waals surface area contributed by atoms with Crippen molar-refractivity contribution in [3.8, 4) is 0 Å². The Kier molecular flexibility index (Phi) is 4.56. The summed E-state index contributed by atoms with van der Waals surface area (Å²) in [6.07, 6.45) is 0.244. The van der Waals surface area contributed by atoms with E-state index in [1.54, 1.807) is 0 Å². The van der Waals surface area contributed by atoms with E-state index >= 15 is 0 Å². The summed E-state index contributed by atoms with van der Waals surface area (Å²) in [6.45, 7) is 0. The van der Waals surface area contributed by atoms with Crippen molar-refractivity contribution in [2.75, 3.05) is 11.5 Å². The van der Waals surface area contributed by atoms with Crippen molar-refractivity contribution in [3.05, 3.63) is 28.2 Å². The van der Waals surface area contributed by atoms with E-state index in [2.05, 4.69) is 4.72 Å². The van der Waals surface area contributed by atoms with Crippen LogP contribution in [0.1, 0.15) is 6.42 Å². The van der Waals surface area contributed by atoms with E-state index in [1.807, 2.05) is 0 Å². The second kappa shape index (κ2) is 5.73. The summed E-state index contributed by atoms with van der Waals surface area (Å²) in [6, 6.07) is 3.84. The summed E-state index contributed by atoms with van der Waals surface area (Å²) in [7, 11) is -3.97. The number of hydrogen-bond donors (Lipinski definition) is 2. The average molecular weight is 356 g/mol. The minimum atomic E-state index is -3.97. The number of benzene rings is 1. The van der Waals surface area contributed by atoms with E-state index in [9.17, 15) is 18.3 Å². The third kappa shape index (κ3) is 3.07. The molecule has 5 nitrogen and oxygen atoms in total. The van der Waals surface area contributed by atoms with Crippen LogP contribution in [0.5, 0.6) is 0 Å². The van der Waals surface area contributed by atoms with Crippen molar-refractivity contribution in [1.29, 1.82) is 0 Å². The van der Waals surface area contributed by atoms with Crippen LogP contribution in [-0.2, 0) is 14.8 Å². The molecule has 0 saturated carbocycles. The molecule has 9 heteroatoms. The lowest BCUT2D eigenvalue weighted by molar-refractivity contribution is -0.142. The number of nitrogens with one attached hydrogen (secondary N) is 1. The van der Waals surface area contributed by atoms with Crippen LogP contribution in [0.2, 0.25) is 10.0 Å². The third-order valence-corrected chi connectivity index (χ3v) is 6.42. The number of hydrogen-bond acceptors (Lipinski definition) is 4. The third-order valence-electron chi connectivity index (χ3n) is 2.96. The van der Waals surface area contributed by atoms with Crippen molar-refractivity contribution in [1.82, 2.24) is 4.72 Å². The Balaban J connectivity index is 2.35. The van der Waals surface area contributed by atoms with E-state index in [4.69, 9.17) is 23.2 Å². The topological polar surface area (TPSA) is 83.5 Å². The molecule has 0 aliphatic carbocycles. The summed E-state index contributed by atoms with van der Waals surface area (Å²) in [5.41, 5.74) is -1.46. The predicted molar refractivity (Wildman–Crippen MR) is 79.1 cm³/mol. The number of carboxylic acids is 1. The highest BCUT2D eigenvalue weighted by Crippen LogP contribution is 2.31. The van der Waals surface area contributed by atoms with Gasteiger partial charge in [-0.2, -0.15) is 16.5 Å². The van der Waals surface area contributed by atoms with Gasteiger partial charge in [0.05, 0.1) is 14.9 Å². The van der Waals surface area contributed by atoms with Crippen molar-refractivity contribution in [2.24, 2.45) is 0 Å². The van der Waals surface area contributed by atoms with Crippen LogP contribution in [0.4, 0.5) is 0 Å². The average Bonchev–Trinajstić information content (AvgIpc) is 2.81. The summed E-state index contributed by atoms with van der Waals surface area (Å²) < 4.78 is 26.8. The smallest absolute Gasteiger partial charge is 0.325 e. The molecule has 0 amide bonds. The molecule has 110 valence electrons.